The van der Waals surface area contributed by atoms with E-state index in [1.54, 1.807) is 12.1 Å². The number of halogens is 2. The second kappa shape index (κ2) is 9.94. The molecule has 1 aromatic heterocycles. The molecule has 0 aliphatic carbocycles. The van der Waals surface area contributed by atoms with Crippen LogP contribution in [0.15, 0.2) is 41.3 Å². The Morgan fingerprint density at radius 2 is 2.00 bits per heavy atom. The van der Waals surface area contributed by atoms with E-state index in [4.69, 9.17) is 27.9 Å². The fourth-order valence-electron chi connectivity index (χ4n) is 2.22. The molecule has 0 unspecified atom stereocenters. The van der Waals surface area contributed by atoms with Crippen molar-refractivity contribution in [1.29, 1.82) is 0 Å². The Labute approximate surface area is 164 Å². The van der Waals surface area contributed by atoms with E-state index in [-0.39, 0.29) is 23.8 Å². The van der Waals surface area contributed by atoms with Gasteiger partial charge in [-0.2, -0.15) is 0 Å². The molecule has 1 N–H and O–H groups in total. The Morgan fingerprint density at radius 1 is 1.22 bits per heavy atom. The second-order valence-electron chi connectivity index (χ2n) is 5.60. The number of amides is 1. The number of aromatic nitrogens is 1. The van der Waals surface area contributed by atoms with Crippen LogP contribution in [-0.4, -0.2) is 28.5 Å². The molecule has 0 aliphatic heterocycles. The maximum absolute atomic E-state index is 11.8. The number of nitrogens with zero attached hydrogens (tertiary/aromatic N) is 2. The van der Waals surface area contributed by atoms with Crippen molar-refractivity contribution >= 4 is 34.8 Å². The number of hydrogen-bond acceptors (Lipinski definition) is 5. The average Bonchev–Trinajstić information content (AvgIpc) is 2.62. The predicted octanol–water partition coefficient (Wildman–Crippen LogP) is 3.04. The molecule has 1 aromatic carbocycles. The molecule has 0 saturated heterocycles. The smallest absolute Gasteiger partial charge is 0.285 e. The third-order valence-corrected chi connectivity index (χ3v) is 4.11. The van der Waals surface area contributed by atoms with E-state index >= 15 is 0 Å². The zero-order chi connectivity index (χ0) is 19.8. The summed E-state index contributed by atoms with van der Waals surface area (Å²) < 4.78 is 6.60. The Balaban J connectivity index is 1.69. The van der Waals surface area contributed by atoms with Gasteiger partial charge in [0, 0.05) is 30.2 Å². The standard InChI is InChI=1S/C17H17Cl2N3O5/c18-12-3-5-15(14(19)9-12)27-11-16(23)20-7-1-2-8-21-10-13(22(25)26)4-6-17(21)24/h3-6,9-10H,1-2,7-8,11H2,(H,20,23). The van der Waals surface area contributed by atoms with Crippen molar-refractivity contribution in [1.82, 2.24) is 9.88 Å². The number of ether oxygens (including phenoxy) is 1. The highest BCUT2D eigenvalue weighted by Crippen LogP contribution is 2.27. The summed E-state index contributed by atoms with van der Waals surface area (Å²) in [6, 6.07) is 7.04. The van der Waals surface area contributed by atoms with E-state index in [1.165, 1.54) is 29.0 Å². The number of pyridine rings is 1. The lowest BCUT2D eigenvalue weighted by Crippen LogP contribution is -2.30. The minimum atomic E-state index is -0.552. The van der Waals surface area contributed by atoms with Crippen molar-refractivity contribution in [2.75, 3.05) is 13.2 Å². The van der Waals surface area contributed by atoms with Gasteiger partial charge in [-0.05, 0) is 31.0 Å². The summed E-state index contributed by atoms with van der Waals surface area (Å²) in [6.45, 7) is 0.527. The van der Waals surface area contributed by atoms with Gasteiger partial charge in [-0.25, -0.2) is 0 Å². The number of hydrogen-bond donors (Lipinski definition) is 1. The molecule has 0 fully saturated rings. The molecule has 8 nitrogen and oxygen atoms in total. The highest BCUT2D eigenvalue weighted by molar-refractivity contribution is 6.35. The van der Waals surface area contributed by atoms with Crippen LogP contribution >= 0.6 is 23.2 Å². The van der Waals surface area contributed by atoms with E-state index in [0.29, 0.717) is 41.7 Å². The van der Waals surface area contributed by atoms with Crippen LogP contribution in [0.5, 0.6) is 5.75 Å². The molecule has 0 bridgehead atoms. The van der Waals surface area contributed by atoms with Crippen LogP contribution in [0.3, 0.4) is 0 Å². The van der Waals surface area contributed by atoms with Crippen LogP contribution < -0.4 is 15.6 Å². The van der Waals surface area contributed by atoms with Gasteiger partial charge in [0.05, 0.1) is 16.1 Å². The number of unbranched alkanes of at least 4 members (excludes halogenated alkanes) is 1. The lowest BCUT2D eigenvalue weighted by Gasteiger charge is -2.09. The van der Waals surface area contributed by atoms with Crippen molar-refractivity contribution in [3.05, 3.63) is 67.0 Å². The maximum Gasteiger partial charge on any atom is 0.285 e. The minimum Gasteiger partial charge on any atom is -0.482 e. The topological polar surface area (TPSA) is 103 Å². The minimum absolute atomic E-state index is 0.138. The SMILES string of the molecule is O=C(COc1ccc(Cl)cc1Cl)NCCCCn1cc([N+](=O)[O-])ccc1=O. The van der Waals surface area contributed by atoms with Gasteiger partial charge in [0.15, 0.2) is 6.61 Å². The molecule has 0 radical (unpaired) electrons. The first-order valence-electron chi connectivity index (χ1n) is 8.06. The summed E-state index contributed by atoms with van der Waals surface area (Å²) >= 11 is 11.7. The average molecular weight is 414 g/mol. The zero-order valence-corrected chi connectivity index (χ0v) is 15.7. The fraction of sp³-hybridized carbons (Fsp3) is 0.294. The van der Waals surface area contributed by atoms with Crippen LogP contribution in [0.1, 0.15) is 12.8 Å². The highest BCUT2D eigenvalue weighted by Gasteiger charge is 2.08. The summed E-state index contributed by atoms with van der Waals surface area (Å²) in [4.78, 5) is 33.6. The molecule has 0 saturated carbocycles. The summed E-state index contributed by atoms with van der Waals surface area (Å²) in [5, 5.41) is 14.2. The predicted molar refractivity (Wildman–Crippen MR) is 102 cm³/mol. The number of benzene rings is 1. The van der Waals surface area contributed by atoms with Crippen molar-refractivity contribution in [2.45, 2.75) is 19.4 Å². The van der Waals surface area contributed by atoms with E-state index in [2.05, 4.69) is 5.32 Å². The van der Waals surface area contributed by atoms with Crippen molar-refractivity contribution < 1.29 is 14.5 Å². The van der Waals surface area contributed by atoms with Crippen LogP contribution in [0.25, 0.3) is 0 Å². The summed E-state index contributed by atoms with van der Waals surface area (Å²) in [5.41, 5.74) is -0.446. The maximum atomic E-state index is 11.8. The number of aryl methyl sites for hydroxylation is 1. The van der Waals surface area contributed by atoms with E-state index in [9.17, 15) is 19.7 Å². The summed E-state index contributed by atoms with van der Waals surface area (Å²) in [5.74, 6) is 0.0507. The van der Waals surface area contributed by atoms with E-state index in [1.807, 2.05) is 0 Å². The van der Waals surface area contributed by atoms with Crippen molar-refractivity contribution in [2.24, 2.45) is 0 Å². The van der Waals surface area contributed by atoms with Crippen molar-refractivity contribution in [3.8, 4) is 5.75 Å². The van der Waals surface area contributed by atoms with Gasteiger partial charge >= 0.3 is 0 Å². The van der Waals surface area contributed by atoms with E-state index in [0.717, 1.165) is 0 Å². The number of carbonyl (C=O) groups is 1. The molecule has 0 atom stereocenters. The molecule has 2 rings (SSSR count). The van der Waals surface area contributed by atoms with Crippen molar-refractivity contribution in [3.63, 3.8) is 0 Å². The molecule has 0 spiro atoms. The lowest BCUT2D eigenvalue weighted by molar-refractivity contribution is -0.385. The van der Waals surface area contributed by atoms with Gasteiger partial charge in [0.25, 0.3) is 17.2 Å². The van der Waals surface area contributed by atoms with Crippen LogP contribution in [0, 0.1) is 10.1 Å². The molecule has 0 aliphatic rings. The molecule has 1 amide bonds. The quantitative estimate of drug-likeness (QED) is 0.386. The number of nitrogens with one attached hydrogen (secondary N) is 1. The second-order valence-corrected chi connectivity index (χ2v) is 6.44. The van der Waals surface area contributed by atoms with Gasteiger partial charge in [0.2, 0.25) is 0 Å². The Bertz CT molecular complexity index is 885. The fourth-order valence-corrected chi connectivity index (χ4v) is 2.69. The first kappa shape index (κ1) is 20.7. The first-order valence-corrected chi connectivity index (χ1v) is 8.82. The Morgan fingerprint density at radius 3 is 2.70 bits per heavy atom. The van der Waals surface area contributed by atoms with E-state index < -0.39 is 4.92 Å². The molecular weight excluding hydrogens is 397 g/mol. The molecular formula is C17H17Cl2N3O5. The molecule has 27 heavy (non-hydrogen) atoms. The molecule has 2 aromatic rings. The third kappa shape index (κ3) is 6.58. The van der Waals surface area contributed by atoms with Gasteiger partial charge in [0.1, 0.15) is 5.75 Å². The monoisotopic (exact) mass is 413 g/mol. The normalized spacial score (nSPS) is 10.4. The van der Waals surface area contributed by atoms with Gasteiger partial charge in [-0.3, -0.25) is 19.7 Å². The van der Waals surface area contributed by atoms with Crippen LogP contribution in [0.4, 0.5) is 5.69 Å². The molecule has 144 valence electrons. The number of rotatable bonds is 9. The first-order chi connectivity index (χ1) is 12.9. The Kier molecular flexibility index (Phi) is 7.63. The van der Waals surface area contributed by atoms with Crippen LogP contribution in [0.2, 0.25) is 10.0 Å². The lowest BCUT2D eigenvalue weighted by atomic mass is 10.3. The molecule has 10 heteroatoms. The van der Waals surface area contributed by atoms with Gasteiger partial charge in [-0.15, -0.1) is 0 Å². The summed E-state index contributed by atoms with van der Waals surface area (Å²) in [6.07, 6.45) is 2.39. The number of carbonyl (C=O) groups excluding carboxylic acids is 1. The van der Waals surface area contributed by atoms with Gasteiger partial charge < -0.3 is 14.6 Å². The third-order valence-electron chi connectivity index (χ3n) is 3.58. The van der Waals surface area contributed by atoms with Crippen LogP contribution in [-0.2, 0) is 11.3 Å². The van der Waals surface area contributed by atoms with Gasteiger partial charge in [-0.1, -0.05) is 23.2 Å². The largest absolute Gasteiger partial charge is 0.482 e. The highest BCUT2D eigenvalue weighted by atomic mass is 35.5. The summed E-state index contributed by atoms with van der Waals surface area (Å²) in [7, 11) is 0. The number of nitro groups is 1. The zero-order valence-electron chi connectivity index (χ0n) is 14.2. The molecule has 1 heterocycles. The Hall–Kier alpha value is -2.58.